The Bertz CT molecular complexity index is 1040. The fourth-order valence-electron chi connectivity index (χ4n) is 3.79. The molecule has 1 aromatic heterocycles. The van der Waals surface area contributed by atoms with Gasteiger partial charge in [0, 0.05) is 23.7 Å². The molecule has 31 heavy (non-hydrogen) atoms. The molecule has 5 nitrogen and oxygen atoms in total. The maximum absolute atomic E-state index is 12.6. The van der Waals surface area contributed by atoms with Crippen molar-refractivity contribution in [3.8, 4) is 5.88 Å². The van der Waals surface area contributed by atoms with Gasteiger partial charge >= 0.3 is 12.2 Å². The zero-order valence-electron chi connectivity index (χ0n) is 16.7. The first-order valence-electron chi connectivity index (χ1n) is 10.1. The van der Waals surface area contributed by atoms with Crippen LogP contribution in [0.4, 0.5) is 23.7 Å². The van der Waals surface area contributed by atoms with Crippen LogP contribution in [0.5, 0.6) is 5.88 Å². The van der Waals surface area contributed by atoms with Crippen LogP contribution in [-0.4, -0.2) is 23.2 Å². The van der Waals surface area contributed by atoms with Crippen molar-refractivity contribution >= 4 is 22.5 Å². The van der Waals surface area contributed by atoms with E-state index in [2.05, 4.69) is 15.6 Å². The van der Waals surface area contributed by atoms with Gasteiger partial charge in [0.25, 0.3) is 0 Å². The molecular weight excluding hydrogens is 407 g/mol. The van der Waals surface area contributed by atoms with Crippen LogP contribution in [0.2, 0.25) is 0 Å². The third-order valence-electron chi connectivity index (χ3n) is 5.40. The first-order chi connectivity index (χ1) is 14.9. The van der Waals surface area contributed by atoms with Crippen molar-refractivity contribution in [3.63, 3.8) is 0 Å². The fraction of sp³-hybridized carbons (Fsp3) is 0.304. The van der Waals surface area contributed by atoms with Gasteiger partial charge in [-0.1, -0.05) is 36.4 Å². The van der Waals surface area contributed by atoms with Gasteiger partial charge in [-0.25, -0.2) is 9.78 Å². The summed E-state index contributed by atoms with van der Waals surface area (Å²) < 4.78 is 43.6. The molecule has 0 bridgehead atoms. The number of rotatable bonds is 4. The van der Waals surface area contributed by atoms with Crippen molar-refractivity contribution in [1.82, 2.24) is 10.3 Å². The molecule has 0 spiro atoms. The van der Waals surface area contributed by atoms with E-state index in [9.17, 15) is 18.0 Å². The quantitative estimate of drug-likeness (QED) is 0.554. The number of fused-ring (bicyclic) bond motifs is 1. The zero-order chi connectivity index (χ0) is 21.8. The summed E-state index contributed by atoms with van der Waals surface area (Å²) in [4.78, 5) is 16.2. The number of halogens is 3. The summed E-state index contributed by atoms with van der Waals surface area (Å²) in [6, 6.07) is 15.5. The molecule has 2 amide bonds. The lowest BCUT2D eigenvalue weighted by atomic mass is 9.93. The van der Waals surface area contributed by atoms with Gasteiger partial charge in [-0.15, -0.1) is 0 Å². The van der Waals surface area contributed by atoms with E-state index < -0.39 is 11.7 Å². The van der Waals surface area contributed by atoms with Gasteiger partial charge in [0.1, 0.15) is 6.10 Å². The number of ether oxygens (including phenoxy) is 1. The molecule has 0 saturated heterocycles. The van der Waals surface area contributed by atoms with Gasteiger partial charge in [-0.2, -0.15) is 13.2 Å². The number of hydrogen-bond acceptors (Lipinski definition) is 3. The Morgan fingerprint density at radius 3 is 2.42 bits per heavy atom. The number of anilines is 1. The van der Waals surface area contributed by atoms with E-state index in [1.165, 1.54) is 6.07 Å². The number of urea groups is 1. The Morgan fingerprint density at radius 1 is 0.968 bits per heavy atom. The molecule has 4 rings (SSSR count). The predicted molar refractivity (Wildman–Crippen MR) is 112 cm³/mol. The number of pyridine rings is 1. The van der Waals surface area contributed by atoms with Crippen molar-refractivity contribution < 1.29 is 22.7 Å². The number of amides is 2. The van der Waals surface area contributed by atoms with Crippen LogP contribution in [0, 0.1) is 0 Å². The minimum Gasteiger partial charge on any atom is -0.474 e. The van der Waals surface area contributed by atoms with Gasteiger partial charge in [0.15, 0.2) is 0 Å². The largest absolute Gasteiger partial charge is 0.474 e. The minimum absolute atomic E-state index is 0.00962. The number of benzene rings is 2. The Kier molecular flexibility index (Phi) is 5.97. The minimum atomic E-state index is -4.41. The first kappa shape index (κ1) is 21.0. The highest BCUT2D eigenvalue weighted by atomic mass is 19.4. The molecule has 1 saturated carbocycles. The van der Waals surface area contributed by atoms with Crippen LogP contribution in [0.3, 0.4) is 0 Å². The van der Waals surface area contributed by atoms with Crippen LogP contribution < -0.4 is 15.4 Å². The van der Waals surface area contributed by atoms with Gasteiger partial charge in [0.05, 0.1) is 11.3 Å². The molecule has 162 valence electrons. The summed E-state index contributed by atoms with van der Waals surface area (Å²) in [5.74, 6) is 0.179. The topological polar surface area (TPSA) is 63.2 Å². The predicted octanol–water partition coefficient (Wildman–Crippen LogP) is 5.77. The molecule has 1 aliphatic carbocycles. The average molecular weight is 429 g/mol. The Hall–Kier alpha value is -3.29. The molecule has 2 aromatic carbocycles. The van der Waals surface area contributed by atoms with E-state index in [0.717, 1.165) is 28.7 Å². The van der Waals surface area contributed by atoms with E-state index in [0.29, 0.717) is 25.7 Å². The Morgan fingerprint density at radius 2 is 1.71 bits per heavy atom. The van der Waals surface area contributed by atoms with Gasteiger partial charge < -0.3 is 15.4 Å². The molecule has 0 radical (unpaired) electrons. The second kappa shape index (κ2) is 8.83. The van der Waals surface area contributed by atoms with Gasteiger partial charge in [0.2, 0.25) is 5.88 Å². The lowest BCUT2D eigenvalue weighted by molar-refractivity contribution is -0.137. The molecule has 2 N–H and O–H groups in total. The second-order valence-electron chi connectivity index (χ2n) is 7.60. The molecule has 1 heterocycles. The van der Waals surface area contributed by atoms with Gasteiger partial charge in [-0.05, 0) is 43.2 Å². The molecule has 1 fully saturated rings. The lowest BCUT2D eigenvalue weighted by Crippen LogP contribution is -2.41. The molecule has 0 atom stereocenters. The van der Waals surface area contributed by atoms with E-state index in [1.54, 1.807) is 0 Å². The molecule has 0 aliphatic heterocycles. The third-order valence-corrected chi connectivity index (χ3v) is 5.40. The van der Waals surface area contributed by atoms with Crippen molar-refractivity contribution in [2.24, 2.45) is 0 Å². The van der Waals surface area contributed by atoms with Crippen LogP contribution in [0.15, 0.2) is 60.8 Å². The summed E-state index contributed by atoms with van der Waals surface area (Å²) in [5.41, 5.74) is -0.0500. The van der Waals surface area contributed by atoms with Gasteiger partial charge in [-0.3, -0.25) is 0 Å². The average Bonchev–Trinajstić information content (AvgIpc) is 2.75. The fourth-order valence-corrected chi connectivity index (χ4v) is 3.79. The summed E-state index contributed by atoms with van der Waals surface area (Å²) in [7, 11) is 0. The maximum Gasteiger partial charge on any atom is 0.417 e. The van der Waals surface area contributed by atoms with E-state index in [-0.39, 0.29) is 24.1 Å². The van der Waals surface area contributed by atoms with Crippen LogP contribution in [0.1, 0.15) is 31.2 Å². The highest BCUT2D eigenvalue weighted by molar-refractivity contribution is 6.01. The Balaban J connectivity index is 1.26. The summed E-state index contributed by atoms with van der Waals surface area (Å²) in [6.45, 7) is 0. The van der Waals surface area contributed by atoms with Crippen LogP contribution >= 0.6 is 0 Å². The monoisotopic (exact) mass is 429 g/mol. The smallest absolute Gasteiger partial charge is 0.417 e. The highest BCUT2D eigenvalue weighted by Crippen LogP contribution is 2.30. The molecular formula is C23H22F3N3O2. The number of nitrogens with one attached hydrogen (secondary N) is 2. The number of carbonyl (C=O) groups excluding carboxylic acids is 1. The number of aromatic nitrogens is 1. The summed E-state index contributed by atoms with van der Waals surface area (Å²) in [5, 5.41) is 7.94. The SMILES string of the molecule is O=C(Nc1cccc2ccccc12)NC1CCC(Oc2ccc(C(F)(F)F)cn2)CC1. The van der Waals surface area contributed by atoms with Crippen molar-refractivity contribution in [2.75, 3.05) is 5.32 Å². The van der Waals surface area contributed by atoms with E-state index in [1.807, 2.05) is 42.5 Å². The third kappa shape index (κ3) is 5.25. The highest BCUT2D eigenvalue weighted by Gasteiger charge is 2.31. The van der Waals surface area contributed by atoms with Crippen molar-refractivity contribution in [3.05, 3.63) is 66.4 Å². The van der Waals surface area contributed by atoms with Crippen molar-refractivity contribution in [2.45, 2.75) is 44.0 Å². The van der Waals surface area contributed by atoms with E-state index in [4.69, 9.17) is 4.74 Å². The van der Waals surface area contributed by atoms with Crippen LogP contribution in [0.25, 0.3) is 10.8 Å². The molecule has 8 heteroatoms. The zero-order valence-corrected chi connectivity index (χ0v) is 16.7. The number of hydrogen-bond donors (Lipinski definition) is 2. The standard InChI is InChI=1S/C23H22F3N3O2/c24-23(25,26)16-8-13-21(27-14-16)31-18-11-9-17(10-12-18)28-22(30)29-20-7-3-5-15-4-1-2-6-19(15)20/h1-8,13-14,17-18H,9-12H2,(H2,28,29,30). The number of carbonyl (C=O) groups is 1. The number of alkyl halides is 3. The maximum atomic E-state index is 12.6. The first-order valence-corrected chi connectivity index (χ1v) is 10.1. The lowest BCUT2D eigenvalue weighted by Gasteiger charge is -2.29. The molecule has 3 aromatic rings. The molecule has 0 unspecified atom stereocenters. The van der Waals surface area contributed by atoms with Crippen molar-refractivity contribution in [1.29, 1.82) is 0 Å². The van der Waals surface area contributed by atoms with Crippen LogP contribution in [-0.2, 0) is 6.18 Å². The summed E-state index contributed by atoms with van der Waals surface area (Å²) >= 11 is 0. The van der Waals surface area contributed by atoms with E-state index >= 15 is 0 Å². The Labute approximate surface area is 177 Å². The number of nitrogens with zero attached hydrogens (tertiary/aromatic N) is 1. The molecule has 1 aliphatic rings. The second-order valence-corrected chi connectivity index (χ2v) is 7.60. The summed E-state index contributed by atoms with van der Waals surface area (Å²) in [6.07, 6.45) is -0.975. The normalized spacial score (nSPS) is 19.1.